The number of halogens is 1. The first-order valence-electron chi connectivity index (χ1n) is 13.1. The molecule has 3 unspecified atom stereocenters. The van der Waals surface area contributed by atoms with Crippen LogP contribution in [0.3, 0.4) is 0 Å². The molecule has 0 bridgehead atoms. The van der Waals surface area contributed by atoms with E-state index in [0.29, 0.717) is 24.7 Å². The molecule has 1 aliphatic heterocycles. The monoisotopic (exact) mass is 518 g/mol. The van der Waals surface area contributed by atoms with Gasteiger partial charge in [0.05, 0.1) is 23.9 Å². The quantitative estimate of drug-likeness (QED) is 0.475. The highest BCUT2D eigenvalue weighted by Crippen LogP contribution is 2.32. The normalized spacial score (nSPS) is 21.3. The summed E-state index contributed by atoms with van der Waals surface area (Å²) in [6.45, 7) is 3.98. The number of nitrogens with one attached hydrogen (secondary N) is 1. The Balaban J connectivity index is 1.53. The fourth-order valence-electron chi connectivity index (χ4n) is 5.40. The van der Waals surface area contributed by atoms with E-state index in [1.807, 2.05) is 43.8 Å². The molecule has 3 N–H and O–H groups in total. The molecule has 200 valence electrons. The van der Waals surface area contributed by atoms with Crippen LogP contribution in [0, 0.1) is 18.7 Å². The molecule has 38 heavy (non-hydrogen) atoms. The molecule has 2 heterocycles. The zero-order chi connectivity index (χ0) is 26.8. The molecule has 3 atom stereocenters. The number of hydrogen-bond acceptors (Lipinski definition) is 6. The molecule has 1 aliphatic carbocycles. The maximum absolute atomic E-state index is 13.4. The number of nitrogens with two attached hydrogens (primary N) is 1. The van der Waals surface area contributed by atoms with E-state index in [0.717, 1.165) is 53.7 Å². The summed E-state index contributed by atoms with van der Waals surface area (Å²) < 4.78 is 21.8. The molecular weight excluding hydrogens is 483 g/mol. The van der Waals surface area contributed by atoms with Gasteiger partial charge in [-0.25, -0.2) is 14.4 Å². The average molecular weight is 519 g/mol. The second-order valence-electron chi connectivity index (χ2n) is 10.3. The zero-order valence-electron chi connectivity index (χ0n) is 22.2. The fraction of sp³-hybridized carbons (Fsp3) is 0.414. The number of benzene rings is 2. The van der Waals surface area contributed by atoms with Crippen LogP contribution in [0.2, 0.25) is 0 Å². The first kappa shape index (κ1) is 26.2. The van der Waals surface area contributed by atoms with Gasteiger partial charge in [-0.1, -0.05) is 18.2 Å². The van der Waals surface area contributed by atoms with E-state index in [2.05, 4.69) is 10.2 Å². The SMILES string of the molecule is Cc1cc2c(C(N)=O)cccc2n1C1=NC(NCc2ccc(F)cc2)C2CCCC(OCCN(C)C)C2=N1. The minimum absolute atomic E-state index is 0.0855. The predicted octanol–water partition coefficient (Wildman–Crippen LogP) is 3.71. The molecule has 9 heteroatoms. The molecule has 1 aromatic heterocycles. The minimum atomic E-state index is -0.467. The molecular formula is C29H35FN6O2. The topological polar surface area (TPSA) is 97.2 Å². The number of primary amides is 1. The number of hydrogen-bond donors (Lipinski definition) is 2. The van der Waals surface area contributed by atoms with E-state index < -0.39 is 5.91 Å². The van der Waals surface area contributed by atoms with Crippen molar-refractivity contribution in [2.45, 2.75) is 45.0 Å². The molecule has 2 aliphatic rings. The van der Waals surface area contributed by atoms with Crippen LogP contribution in [0.1, 0.15) is 40.9 Å². The number of ether oxygens (including phenoxy) is 1. The van der Waals surface area contributed by atoms with Gasteiger partial charge in [-0.2, -0.15) is 0 Å². The minimum Gasteiger partial charge on any atom is -0.371 e. The maximum atomic E-state index is 13.4. The van der Waals surface area contributed by atoms with E-state index in [4.69, 9.17) is 20.5 Å². The van der Waals surface area contributed by atoms with Gasteiger partial charge < -0.3 is 15.4 Å². The summed E-state index contributed by atoms with van der Waals surface area (Å²) in [6, 6.07) is 14.0. The van der Waals surface area contributed by atoms with Crippen molar-refractivity contribution in [3.8, 4) is 0 Å². The van der Waals surface area contributed by atoms with Gasteiger partial charge in [-0.05, 0) is 76.2 Å². The predicted molar refractivity (Wildman–Crippen MR) is 148 cm³/mol. The van der Waals surface area contributed by atoms with E-state index in [-0.39, 0.29) is 24.0 Å². The number of rotatable bonds is 8. The highest BCUT2D eigenvalue weighted by atomic mass is 19.1. The zero-order valence-corrected chi connectivity index (χ0v) is 22.2. The first-order valence-corrected chi connectivity index (χ1v) is 13.1. The van der Waals surface area contributed by atoms with Crippen molar-refractivity contribution in [2.24, 2.45) is 21.6 Å². The summed E-state index contributed by atoms with van der Waals surface area (Å²) in [5, 5.41) is 4.38. The number of carbonyl (C=O) groups is 1. The maximum Gasteiger partial charge on any atom is 0.249 e. The lowest BCUT2D eigenvalue weighted by molar-refractivity contribution is 0.0664. The van der Waals surface area contributed by atoms with Crippen molar-refractivity contribution in [2.75, 3.05) is 27.2 Å². The Kier molecular flexibility index (Phi) is 7.69. The van der Waals surface area contributed by atoms with Crippen molar-refractivity contribution in [3.05, 3.63) is 71.2 Å². The summed E-state index contributed by atoms with van der Waals surface area (Å²) in [5.74, 6) is -0.0627. The van der Waals surface area contributed by atoms with E-state index in [1.54, 1.807) is 18.2 Å². The van der Waals surface area contributed by atoms with Crippen molar-refractivity contribution >= 4 is 28.5 Å². The van der Waals surface area contributed by atoms with Crippen molar-refractivity contribution in [1.82, 2.24) is 14.8 Å². The second-order valence-corrected chi connectivity index (χ2v) is 10.3. The molecule has 1 amide bonds. The largest absolute Gasteiger partial charge is 0.371 e. The molecule has 3 aromatic rings. The summed E-state index contributed by atoms with van der Waals surface area (Å²) >= 11 is 0. The Bertz CT molecular complexity index is 1380. The third-order valence-electron chi connectivity index (χ3n) is 7.34. The van der Waals surface area contributed by atoms with Gasteiger partial charge in [0.25, 0.3) is 0 Å². The average Bonchev–Trinajstić information content (AvgIpc) is 3.23. The molecule has 0 saturated heterocycles. The smallest absolute Gasteiger partial charge is 0.249 e. The Morgan fingerprint density at radius 2 is 2.00 bits per heavy atom. The summed E-state index contributed by atoms with van der Waals surface area (Å²) in [7, 11) is 4.07. The summed E-state index contributed by atoms with van der Waals surface area (Å²) in [5.41, 5.74) is 9.86. The lowest BCUT2D eigenvalue weighted by atomic mass is 9.82. The van der Waals surface area contributed by atoms with Gasteiger partial charge in [0.1, 0.15) is 12.0 Å². The third-order valence-corrected chi connectivity index (χ3v) is 7.34. The highest BCUT2D eigenvalue weighted by molar-refractivity contribution is 6.10. The molecule has 0 radical (unpaired) electrons. The molecule has 2 aromatic carbocycles. The number of amides is 1. The summed E-state index contributed by atoms with van der Waals surface area (Å²) in [4.78, 5) is 24.4. The van der Waals surface area contributed by atoms with Gasteiger partial charge in [0.15, 0.2) is 0 Å². The Morgan fingerprint density at radius 1 is 1.21 bits per heavy atom. The van der Waals surface area contributed by atoms with Crippen LogP contribution in [0.15, 0.2) is 58.5 Å². The van der Waals surface area contributed by atoms with Crippen molar-refractivity contribution in [3.63, 3.8) is 0 Å². The van der Waals surface area contributed by atoms with E-state index in [1.165, 1.54) is 12.1 Å². The van der Waals surface area contributed by atoms with E-state index in [9.17, 15) is 9.18 Å². The lowest BCUT2D eigenvalue weighted by Crippen LogP contribution is -2.49. The highest BCUT2D eigenvalue weighted by Gasteiger charge is 2.38. The van der Waals surface area contributed by atoms with Crippen LogP contribution in [0.5, 0.6) is 0 Å². The number of carbonyl (C=O) groups excluding carboxylic acids is 1. The van der Waals surface area contributed by atoms with Crippen LogP contribution < -0.4 is 11.1 Å². The van der Waals surface area contributed by atoms with Gasteiger partial charge in [0.2, 0.25) is 11.9 Å². The summed E-state index contributed by atoms with van der Waals surface area (Å²) in [6.07, 6.45) is 2.60. The number of likely N-dealkylation sites (N-methyl/N-ethyl adjacent to an activating group) is 1. The Morgan fingerprint density at radius 3 is 2.74 bits per heavy atom. The van der Waals surface area contributed by atoms with Crippen LogP contribution in [0.25, 0.3) is 10.9 Å². The van der Waals surface area contributed by atoms with Crippen LogP contribution in [0.4, 0.5) is 4.39 Å². The van der Waals surface area contributed by atoms with Gasteiger partial charge in [0, 0.05) is 35.7 Å². The number of aryl methyl sites for hydroxylation is 1. The van der Waals surface area contributed by atoms with Crippen molar-refractivity contribution in [1.29, 1.82) is 0 Å². The number of aliphatic imine (C=N–C) groups is 2. The van der Waals surface area contributed by atoms with E-state index >= 15 is 0 Å². The standard InChI is InChI=1S/C29H35FN6O2/c1-18-16-23-21(27(31)37)6-4-8-24(23)36(18)29-33-26-22(7-5-9-25(26)38-15-14-35(2)3)28(34-29)32-17-19-10-12-20(30)13-11-19/h4,6,8,10-13,16,22,25,28,32H,5,7,9,14-15,17H2,1-3H3,(H2,31,37). The van der Waals surface area contributed by atoms with Crippen LogP contribution in [-0.4, -0.2) is 66.6 Å². The Labute approximate surface area is 222 Å². The molecule has 1 saturated carbocycles. The second kappa shape index (κ2) is 11.1. The third kappa shape index (κ3) is 5.41. The van der Waals surface area contributed by atoms with Gasteiger partial charge in [-0.15, -0.1) is 0 Å². The van der Waals surface area contributed by atoms with Crippen LogP contribution >= 0.6 is 0 Å². The Hall–Kier alpha value is -3.40. The number of fused-ring (bicyclic) bond motifs is 2. The first-order chi connectivity index (χ1) is 18.3. The molecule has 5 rings (SSSR count). The molecule has 0 spiro atoms. The van der Waals surface area contributed by atoms with Crippen molar-refractivity contribution < 1.29 is 13.9 Å². The number of aromatic nitrogens is 1. The van der Waals surface area contributed by atoms with Gasteiger partial charge >= 0.3 is 0 Å². The van der Waals surface area contributed by atoms with Crippen LogP contribution in [-0.2, 0) is 11.3 Å². The number of nitrogens with zero attached hydrogens (tertiary/aromatic N) is 4. The van der Waals surface area contributed by atoms with Gasteiger partial charge in [-0.3, -0.25) is 14.7 Å². The molecule has 8 nitrogen and oxygen atoms in total. The molecule has 1 fully saturated rings. The lowest BCUT2D eigenvalue weighted by Gasteiger charge is -2.37. The fourth-order valence-corrected chi connectivity index (χ4v) is 5.40.